The van der Waals surface area contributed by atoms with Crippen LogP contribution in [0.2, 0.25) is 0 Å². The van der Waals surface area contributed by atoms with Crippen molar-refractivity contribution in [3.63, 3.8) is 0 Å². The van der Waals surface area contributed by atoms with Crippen molar-refractivity contribution in [2.45, 2.75) is 6.54 Å². The van der Waals surface area contributed by atoms with Crippen molar-refractivity contribution in [3.8, 4) is 0 Å². The second kappa shape index (κ2) is 6.97. The minimum atomic E-state index is -0.902. The van der Waals surface area contributed by atoms with Gasteiger partial charge in [0.05, 0.1) is 13.2 Å². The lowest BCUT2D eigenvalue weighted by Gasteiger charge is -2.10. The molecule has 0 saturated carbocycles. The van der Waals surface area contributed by atoms with Gasteiger partial charge in [-0.25, -0.2) is 4.79 Å². The second-order valence-corrected chi connectivity index (χ2v) is 5.20. The van der Waals surface area contributed by atoms with E-state index in [1.165, 1.54) is 0 Å². The lowest BCUT2D eigenvalue weighted by molar-refractivity contribution is 0.0679. The van der Waals surface area contributed by atoms with Crippen molar-refractivity contribution in [2.75, 3.05) is 33.9 Å². The molecule has 1 aromatic rings. The van der Waals surface area contributed by atoms with Crippen molar-refractivity contribution in [1.29, 1.82) is 0 Å². The molecule has 0 spiro atoms. The average molecular weight is 352 g/mol. The fraction of sp³-hybridized carbons (Fsp3) is 0.545. The summed E-state index contributed by atoms with van der Waals surface area (Å²) < 4.78 is 8.07. The van der Waals surface area contributed by atoms with Crippen LogP contribution in [0, 0.1) is 3.57 Å². The van der Waals surface area contributed by atoms with E-state index in [-0.39, 0.29) is 0 Å². The fourth-order valence-corrected chi connectivity index (χ4v) is 1.98. The van der Waals surface area contributed by atoms with Gasteiger partial charge in [-0.2, -0.15) is 0 Å². The summed E-state index contributed by atoms with van der Waals surface area (Å²) in [5.41, 5.74) is 0.311. The number of ether oxygens (including phenoxy) is 1. The molecule has 0 radical (unpaired) electrons. The molecule has 0 aliphatic rings. The number of nitrogens with zero attached hydrogens (tertiary/aromatic N) is 2. The summed E-state index contributed by atoms with van der Waals surface area (Å²) >= 11 is 2.11. The highest BCUT2D eigenvalue weighted by molar-refractivity contribution is 14.1. The molecule has 0 unspecified atom stereocenters. The number of hydrogen-bond donors (Lipinski definition) is 1. The van der Waals surface area contributed by atoms with Crippen LogP contribution in [-0.2, 0) is 11.3 Å². The smallest absolute Gasteiger partial charge is 0.352 e. The van der Waals surface area contributed by atoms with Crippen LogP contribution in [0.15, 0.2) is 12.3 Å². The highest BCUT2D eigenvalue weighted by Gasteiger charge is 2.10. The topological polar surface area (TPSA) is 54.7 Å². The first-order chi connectivity index (χ1) is 8.00. The third-order valence-corrected chi connectivity index (χ3v) is 2.83. The van der Waals surface area contributed by atoms with Crippen molar-refractivity contribution < 1.29 is 14.6 Å². The van der Waals surface area contributed by atoms with E-state index in [4.69, 9.17) is 9.84 Å². The molecule has 0 aliphatic heterocycles. The highest BCUT2D eigenvalue weighted by Crippen LogP contribution is 2.11. The average Bonchev–Trinajstić information content (AvgIpc) is 2.59. The van der Waals surface area contributed by atoms with Crippen LogP contribution in [0.4, 0.5) is 0 Å². The first kappa shape index (κ1) is 14.5. The zero-order valence-electron chi connectivity index (χ0n) is 10.0. The minimum Gasteiger partial charge on any atom is -0.477 e. The molecule has 1 heterocycles. The third-order valence-electron chi connectivity index (χ3n) is 2.24. The Kier molecular flexibility index (Phi) is 5.93. The summed E-state index contributed by atoms with van der Waals surface area (Å²) in [4.78, 5) is 13.0. The maximum Gasteiger partial charge on any atom is 0.352 e. The number of aromatic carboxylic acids is 1. The Labute approximate surface area is 114 Å². The molecule has 1 rings (SSSR count). The van der Waals surface area contributed by atoms with E-state index in [9.17, 15) is 4.79 Å². The predicted octanol–water partition coefficient (Wildman–Crippen LogP) is 1.37. The van der Waals surface area contributed by atoms with Gasteiger partial charge in [-0.05, 0) is 42.8 Å². The summed E-state index contributed by atoms with van der Waals surface area (Å²) in [5, 5.41) is 8.98. The normalized spacial score (nSPS) is 11.1. The number of carboxylic acid groups (broad SMARTS) is 1. The van der Waals surface area contributed by atoms with Gasteiger partial charge < -0.3 is 19.3 Å². The SMILES string of the molecule is CN(C)CCOCCn1cc(I)cc1C(=O)O. The van der Waals surface area contributed by atoms with Gasteiger partial charge in [0.2, 0.25) is 0 Å². The fourth-order valence-electron chi connectivity index (χ4n) is 1.35. The molecule has 1 N–H and O–H groups in total. The van der Waals surface area contributed by atoms with E-state index < -0.39 is 5.97 Å². The van der Waals surface area contributed by atoms with E-state index in [1.54, 1.807) is 10.6 Å². The second-order valence-electron chi connectivity index (χ2n) is 3.96. The zero-order valence-corrected chi connectivity index (χ0v) is 12.2. The van der Waals surface area contributed by atoms with Crippen LogP contribution in [-0.4, -0.2) is 54.4 Å². The number of carbonyl (C=O) groups is 1. The third kappa shape index (κ3) is 5.05. The first-order valence-electron chi connectivity index (χ1n) is 5.32. The maximum absolute atomic E-state index is 10.9. The summed E-state index contributed by atoms with van der Waals surface area (Å²) in [6.07, 6.45) is 1.82. The number of halogens is 1. The van der Waals surface area contributed by atoms with Gasteiger partial charge >= 0.3 is 5.97 Å². The molecule has 0 aliphatic carbocycles. The van der Waals surface area contributed by atoms with Gasteiger partial charge in [0.1, 0.15) is 5.69 Å². The molecule has 0 saturated heterocycles. The number of rotatable bonds is 7. The minimum absolute atomic E-state index is 0.311. The standard InChI is InChI=1S/C11H17IN2O3/c1-13(2)3-5-17-6-4-14-8-9(12)7-10(14)11(15)16/h7-8H,3-6H2,1-2H3,(H,15,16). The Bertz CT molecular complexity index is 377. The number of aromatic nitrogens is 1. The van der Waals surface area contributed by atoms with Crippen molar-refractivity contribution in [3.05, 3.63) is 21.5 Å². The first-order valence-corrected chi connectivity index (χ1v) is 6.40. The van der Waals surface area contributed by atoms with Crippen LogP contribution < -0.4 is 0 Å². The summed E-state index contributed by atoms with van der Waals surface area (Å²) in [5.74, 6) is -0.902. The number of carboxylic acids is 1. The molecule has 96 valence electrons. The Balaban J connectivity index is 2.38. The van der Waals surface area contributed by atoms with E-state index in [0.717, 1.165) is 10.1 Å². The largest absolute Gasteiger partial charge is 0.477 e. The quantitative estimate of drug-likeness (QED) is 0.595. The molecule has 5 nitrogen and oxygen atoms in total. The molecule has 0 aromatic carbocycles. The molecular formula is C11H17IN2O3. The van der Waals surface area contributed by atoms with Crippen molar-refractivity contribution >= 4 is 28.6 Å². The molecule has 0 bridgehead atoms. The van der Waals surface area contributed by atoms with Crippen molar-refractivity contribution in [2.24, 2.45) is 0 Å². The monoisotopic (exact) mass is 352 g/mol. The summed E-state index contributed by atoms with van der Waals surface area (Å²) in [6, 6.07) is 1.66. The lowest BCUT2D eigenvalue weighted by Crippen LogP contribution is -2.19. The van der Waals surface area contributed by atoms with Crippen LogP contribution >= 0.6 is 22.6 Å². The predicted molar refractivity (Wildman–Crippen MR) is 73.5 cm³/mol. The number of hydrogen-bond acceptors (Lipinski definition) is 3. The molecular weight excluding hydrogens is 335 g/mol. The van der Waals surface area contributed by atoms with Crippen LogP contribution in [0.1, 0.15) is 10.5 Å². The van der Waals surface area contributed by atoms with Gasteiger partial charge in [0, 0.05) is 22.9 Å². The Morgan fingerprint density at radius 1 is 1.53 bits per heavy atom. The number of likely N-dealkylation sites (N-methyl/N-ethyl adjacent to an activating group) is 1. The van der Waals surface area contributed by atoms with Crippen LogP contribution in [0.5, 0.6) is 0 Å². The van der Waals surface area contributed by atoms with Crippen LogP contribution in [0.3, 0.4) is 0 Å². The van der Waals surface area contributed by atoms with Gasteiger partial charge in [-0.3, -0.25) is 0 Å². The lowest BCUT2D eigenvalue weighted by atomic mass is 10.4. The summed E-state index contributed by atoms with van der Waals surface area (Å²) in [6.45, 7) is 2.62. The zero-order chi connectivity index (χ0) is 12.8. The van der Waals surface area contributed by atoms with Crippen LogP contribution in [0.25, 0.3) is 0 Å². The van der Waals surface area contributed by atoms with Gasteiger partial charge in [0.15, 0.2) is 0 Å². The van der Waals surface area contributed by atoms with E-state index in [2.05, 4.69) is 22.6 Å². The maximum atomic E-state index is 10.9. The molecule has 6 heteroatoms. The van der Waals surface area contributed by atoms with E-state index in [1.807, 2.05) is 25.2 Å². The van der Waals surface area contributed by atoms with E-state index >= 15 is 0 Å². The summed E-state index contributed by atoms with van der Waals surface area (Å²) in [7, 11) is 3.97. The Morgan fingerprint density at radius 2 is 2.24 bits per heavy atom. The van der Waals surface area contributed by atoms with E-state index in [0.29, 0.717) is 25.5 Å². The van der Waals surface area contributed by atoms with Gasteiger partial charge in [0.25, 0.3) is 0 Å². The highest BCUT2D eigenvalue weighted by atomic mass is 127. The Hall–Kier alpha value is -0.600. The molecule has 0 fully saturated rings. The van der Waals surface area contributed by atoms with Gasteiger partial charge in [-0.1, -0.05) is 0 Å². The molecule has 0 atom stereocenters. The van der Waals surface area contributed by atoms with Gasteiger partial charge in [-0.15, -0.1) is 0 Å². The molecule has 0 amide bonds. The molecule has 17 heavy (non-hydrogen) atoms. The molecule has 1 aromatic heterocycles. The van der Waals surface area contributed by atoms with Crippen molar-refractivity contribution in [1.82, 2.24) is 9.47 Å². The Morgan fingerprint density at radius 3 is 2.82 bits per heavy atom.